The number of imidazole rings is 1. The molecule has 0 fully saturated rings. The van der Waals surface area contributed by atoms with Crippen LogP contribution in [0, 0.1) is 12.7 Å². The molecule has 0 amide bonds. The number of rotatable bonds is 2. The summed E-state index contributed by atoms with van der Waals surface area (Å²) in [7, 11) is 0. The van der Waals surface area contributed by atoms with Gasteiger partial charge in [-0.15, -0.1) is 0 Å². The normalized spacial score (nSPS) is 11.2. The van der Waals surface area contributed by atoms with E-state index in [0.717, 1.165) is 16.8 Å². The van der Waals surface area contributed by atoms with Crippen LogP contribution in [0.5, 0.6) is 0 Å². The van der Waals surface area contributed by atoms with Crippen molar-refractivity contribution >= 4 is 16.7 Å². The van der Waals surface area contributed by atoms with Crippen molar-refractivity contribution in [3.63, 3.8) is 0 Å². The van der Waals surface area contributed by atoms with Gasteiger partial charge in [0, 0.05) is 5.69 Å². The van der Waals surface area contributed by atoms with E-state index in [1.165, 1.54) is 12.1 Å². The molecule has 2 aromatic carbocycles. The van der Waals surface area contributed by atoms with Crippen LogP contribution in [-0.2, 0) is 6.61 Å². The molecule has 0 bridgehead atoms. The Morgan fingerprint density at radius 3 is 2.75 bits per heavy atom. The van der Waals surface area contributed by atoms with Gasteiger partial charge in [-0.05, 0) is 48.9 Å². The minimum Gasteiger partial charge on any atom is -0.399 e. The number of aliphatic hydroxyl groups excluding tert-OH is 1. The summed E-state index contributed by atoms with van der Waals surface area (Å²) in [6, 6.07) is 9.91. The maximum Gasteiger partial charge on any atom is 0.140 e. The number of aromatic nitrogens is 2. The van der Waals surface area contributed by atoms with E-state index in [4.69, 9.17) is 5.73 Å². The Morgan fingerprint density at radius 1 is 1.25 bits per heavy atom. The third-order valence-electron chi connectivity index (χ3n) is 3.29. The van der Waals surface area contributed by atoms with Crippen LogP contribution in [0.25, 0.3) is 16.7 Å². The molecule has 0 aliphatic rings. The predicted octanol–water partition coefficient (Wildman–Crippen LogP) is 2.55. The molecular weight excluding hydrogens is 257 g/mol. The monoisotopic (exact) mass is 271 g/mol. The van der Waals surface area contributed by atoms with Gasteiger partial charge in [0.2, 0.25) is 0 Å². The first-order valence-electron chi connectivity index (χ1n) is 6.24. The molecule has 0 atom stereocenters. The number of hydrogen-bond donors (Lipinski definition) is 2. The average Bonchev–Trinajstić information content (AvgIpc) is 2.76. The Labute approximate surface area is 115 Å². The Morgan fingerprint density at radius 2 is 2.05 bits per heavy atom. The fourth-order valence-corrected chi connectivity index (χ4v) is 2.39. The largest absolute Gasteiger partial charge is 0.399 e. The van der Waals surface area contributed by atoms with Gasteiger partial charge in [-0.2, -0.15) is 0 Å². The van der Waals surface area contributed by atoms with Crippen LogP contribution >= 0.6 is 0 Å². The number of halogens is 1. The van der Waals surface area contributed by atoms with Gasteiger partial charge < -0.3 is 10.8 Å². The van der Waals surface area contributed by atoms with Gasteiger partial charge >= 0.3 is 0 Å². The van der Waals surface area contributed by atoms with Crippen molar-refractivity contribution in [1.82, 2.24) is 9.55 Å². The maximum absolute atomic E-state index is 13.2. The van der Waals surface area contributed by atoms with Crippen LogP contribution in [0.1, 0.15) is 11.4 Å². The van der Waals surface area contributed by atoms with Crippen molar-refractivity contribution in [3.05, 3.63) is 53.6 Å². The molecule has 5 heteroatoms. The Hall–Kier alpha value is -2.40. The van der Waals surface area contributed by atoms with Gasteiger partial charge in [-0.3, -0.25) is 4.57 Å². The number of aliphatic hydroxyl groups is 1. The van der Waals surface area contributed by atoms with Crippen LogP contribution in [0.15, 0.2) is 36.4 Å². The fourth-order valence-electron chi connectivity index (χ4n) is 2.39. The van der Waals surface area contributed by atoms with E-state index < -0.39 is 0 Å². The molecule has 20 heavy (non-hydrogen) atoms. The Balaban J connectivity index is 2.34. The Kier molecular flexibility index (Phi) is 2.91. The molecule has 1 aromatic heterocycles. The third-order valence-corrected chi connectivity index (χ3v) is 3.29. The summed E-state index contributed by atoms with van der Waals surface area (Å²) < 4.78 is 15.1. The van der Waals surface area contributed by atoms with E-state index in [1.54, 1.807) is 18.2 Å². The summed E-state index contributed by atoms with van der Waals surface area (Å²) in [6.07, 6.45) is 0. The molecule has 3 rings (SSSR count). The lowest BCUT2D eigenvalue weighted by atomic mass is 10.2. The first-order valence-corrected chi connectivity index (χ1v) is 6.24. The summed E-state index contributed by atoms with van der Waals surface area (Å²) in [5.74, 6) is 0.214. The van der Waals surface area contributed by atoms with Crippen molar-refractivity contribution < 1.29 is 9.50 Å². The smallest absolute Gasteiger partial charge is 0.140 e. The highest BCUT2D eigenvalue weighted by Crippen LogP contribution is 2.25. The number of benzene rings is 2. The number of aryl methyl sites for hydroxylation is 1. The lowest BCUT2D eigenvalue weighted by Gasteiger charge is -2.11. The number of hydrogen-bond acceptors (Lipinski definition) is 3. The van der Waals surface area contributed by atoms with Crippen molar-refractivity contribution in [2.75, 3.05) is 5.73 Å². The molecule has 1 heterocycles. The van der Waals surface area contributed by atoms with E-state index in [1.807, 2.05) is 17.6 Å². The summed E-state index contributed by atoms with van der Waals surface area (Å²) in [6.45, 7) is 1.62. The summed E-state index contributed by atoms with van der Waals surface area (Å²) in [5.41, 5.74) is 9.47. The second-order valence-corrected chi connectivity index (χ2v) is 4.70. The number of nitrogens with zero attached hydrogens (tertiary/aromatic N) is 2. The van der Waals surface area contributed by atoms with Crippen LogP contribution in [0.3, 0.4) is 0 Å². The second-order valence-electron chi connectivity index (χ2n) is 4.70. The molecule has 3 aromatic rings. The molecule has 0 saturated heterocycles. The predicted molar refractivity (Wildman–Crippen MR) is 76.1 cm³/mol. The zero-order valence-electron chi connectivity index (χ0n) is 11.0. The lowest BCUT2D eigenvalue weighted by molar-refractivity contribution is 0.270. The first kappa shape index (κ1) is 12.6. The molecule has 0 saturated carbocycles. The van der Waals surface area contributed by atoms with Gasteiger partial charge in [0.1, 0.15) is 18.2 Å². The van der Waals surface area contributed by atoms with Crippen LogP contribution < -0.4 is 5.73 Å². The van der Waals surface area contributed by atoms with E-state index in [9.17, 15) is 9.50 Å². The minimum absolute atomic E-state index is 0.203. The molecule has 0 unspecified atom stereocenters. The van der Waals surface area contributed by atoms with Crippen molar-refractivity contribution in [3.8, 4) is 5.69 Å². The number of nitrogen functional groups attached to an aromatic ring is 1. The topological polar surface area (TPSA) is 64.1 Å². The quantitative estimate of drug-likeness (QED) is 0.704. The zero-order valence-corrected chi connectivity index (χ0v) is 11.0. The van der Waals surface area contributed by atoms with Gasteiger partial charge in [0.05, 0.1) is 16.7 Å². The SMILES string of the molecule is Cc1cc(F)ccc1-n1c(CO)nc2cc(N)ccc21. The number of anilines is 1. The molecule has 4 nitrogen and oxygen atoms in total. The van der Waals surface area contributed by atoms with E-state index in [2.05, 4.69) is 4.98 Å². The van der Waals surface area contributed by atoms with Crippen molar-refractivity contribution in [2.45, 2.75) is 13.5 Å². The highest BCUT2D eigenvalue weighted by atomic mass is 19.1. The average molecular weight is 271 g/mol. The number of nitrogens with two attached hydrogens (primary N) is 1. The Bertz CT molecular complexity index is 795. The van der Waals surface area contributed by atoms with E-state index in [0.29, 0.717) is 17.0 Å². The van der Waals surface area contributed by atoms with E-state index >= 15 is 0 Å². The van der Waals surface area contributed by atoms with Gasteiger partial charge in [-0.25, -0.2) is 9.37 Å². The van der Waals surface area contributed by atoms with E-state index in [-0.39, 0.29) is 12.4 Å². The molecule has 0 aliphatic heterocycles. The summed E-state index contributed by atoms with van der Waals surface area (Å²) in [5, 5.41) is 9.51. The molecule has 102 valence electrons. The van der Waals surface area contributed by atoms with Crippen LogP contribution in [0.2, 0.25) is 0 Å². The van der Waals surface area contributed by atoms with Gasteiger partial charge in [0.15, 0.2) is 0 Å². The first-order chi connectivity index (χ1) is 9.60. The molecule has 0 radical (unpaired) electrons. The highest BCUT2D eigenvalue weighted by molar-refractivity contribution is 5.81. The molecule has 0 aliphatic carbocycles. The maximum atomic E-state index is 13.2. The molecular formula is C15H14FN3O. The minimum atomic E-state index is -0.287. The zero-order chi connectivity index (χ0) is 14.3. The van der Waals surface area contributed by atoms with Crippen LogP contribution in [-0.4, -0.2) is 14.7 Å². The van der Waals surface area contributed by atoms with Gasteiger partial charge in [0.25, 0.3) is 0 Å². The summed E-state index contributed by atoms with van der Waals surface area (Å²) in [4.78, 5) is 4.37. The molecule has 3 N–H and O–H groups in total. The highest BCUT2D eigenvalue weighted by Gasteiger charge is 2.13. The second kappa shape index (κ2) is 4.61. The molecule has 0 spiro atoms. The van der Waals surface area contributed by atoms with Crippen molar-refractivity contribution in [1.29, 1.82) is 0 Å². The van der Waals surface area contributed by atoms with Crippen LogP contribution in [0.4, 0.5) is 10.1 Å². The lowest BCUT2D eigenvalue weighted by Crippen LogP contribution is -2.03. The fraction of sp³-hybridized carbons (Fsp3) is 0.133. The standard InChI is InChI=1S/C15H14FN3O/c1-9-6-10(16)2-4-13(9)19-14-5-3-11(17)7-12(14)18-15(19)8-20/h2-7,20H,8,17H2,1H3. The summed E-state index contributed by atoms with van der Waals surface area (Å²) >= 11 is 0. The van der Waals surface area contributed by atoms with Crippen molar-refractivity contribution in [2.24, 2.45) is 0 Å². The van der Waals surface area contributed by atoms with Gasteiger partial charge in [-0.1, -0.05) is 0 Å². The number of fused-ring (bicyclic) bond motifs is 1. The third kappa shape index (κ3) is 1.92.